The molecule has 28 heavy (non-hydrogen) atoms. The smallest absolute Gasteiger partial charge is 0.352 e. The Balaban J connectivity index is 2.33. The second-order valence-electron chi connectivity index (χ2n) is 5.84. The van der Waals surface area contributed by atoms with Gasteiger partial charge in [0.25, 0.3) is 0 Å². The summed E-state index contributed by atoms with van der Waals surface area (Å²) in [6.07, 6.45) is 3.21. The van der Waals surface area contributed by atoms with Crippen LogP contribution in [0.25, 0.3) is 0 Å². The van der Waals surface area contributed by atoms with Crippen molar-refractivity contribution in [3.63, 3.8) is 0 Å². The van der Waals surface area contributed by atoms with E-state index in [2.05, 4.69) is 6.58 Å². The summed E-state index contributed by atoms with van der Waals surface area (Å²) in [5.41, 5.74) is 0.748. The van der Waals surface area contributed by atoms with Crippen LogP contribution in [0.15, 0.2) is 45.7 Å². The number of unbranched alkanes of at least 4 members (excludes halogenated alkanes) is 1. The van der Waals surface area contributed by atoms with Crippen LogP contribution < -0.4 is 4.90 Å². The highest BCUT2D eigenvalue weighted by Gasteiger charge is 2.35. The van der Waals surface area contributed by atoms with Crippen LogP contribution in [0.1, 0.15) is 12.8 Å². The Kier molecular flexibility index (Phi) is 7.56. The zero-order valence-electron chi connectivity index (χ0n) is 15.4. The third-order valence-electron chi connectivity index (χ3n) is 3.79. The molecule has 1 aromatic carbocycles. The first kappa shape index (κ1) is 22.3. The van der Waals surface area contributed by atoms with Gasteiger partial charge in [0.05, 0.1) is 19.4 Å². The highest BCUT2D eigenvalue weighted by molar-refractivity contribution is 8.05. The van der Waals surface area contributed by atoms with Gasteiger partial charge in [0.15, 0.2) is 14.7 Å². The summed E-state index contributed by atoms with van der Waals surface area (Å²) >= 11 is 7.20. The molecule has 152 valence electrons. The van der Waals surface area contributed by atoms with Crippen LogP contribution in [0.2, 0.25) is 5.02 Å². The van der Waals surface area contributed by atoms with E-state index in [1.165, 1.54) is 0 Å². The van der Waals surface area contributed by atoms with Gasteiger partial charge in [0, 0.05) is 28.8 Å². The van der Waals surface area contributed by atoms with Crippen molar-refractivity contribution < 1.29 is 27.5 Å². The molecule has 0 aromatic heterocycles. The summed E-state index contributed by atoms with van der Waals surface area (Å²) in [6, 6.07) is 5.18. The van der Waals surface area contributed by atoms with E-state index < -0.39 is 26.7 Å². The average molecular weight is 446 g/mol. The van der Waals surface area contributed by atoms with E-state index in [9.17, 15) is 18.0 Å². The molecule has 0 spiro atoms. The largest absolute Gasteiger partial charge is 0.465 e. The minimum atomic E-state index is -3.84. The molecule has 7 nitrogen and oxygen atoms in total. The lowest BCUT2D eigenvalue weighted by atomic mass is 10.2. The van der Waals surface area contributed by atoms with Gasteiger partial charge in [-0.05, 0) is 31.0 Å². The highest BCUT2D eigenvalue weighted by atomic mass is 35.5. The fraction of sp³-hybridized carbons (Fsp3) is 0.333. The Morgan fingerprint density at radius 1 is 1.32 bits per heavy atom. The minimum absolute atomic E-state index is 0.217. The molecule has 0 N–H and O–H groups in total. The first-order chi connectivity index (χ1) is 13.2. The molecular formula is C18H20ClNO6S2. The molecule has 1 aromatic rings. The number of hydrogen-bond donors (Lipinski definition) is 0. The van der Waals surface area contributed by atoms with Gasteiger partial charge in [0.1, 0.15) is 5.03 Å². The Morgan fingerprint density at radius 3 is 2.64 bits per heavy atom. The molecule has 0 amide bonds. The Hall–Kier alpha value is -1.97. The van der Waals surface area contributed by atoms with Crippen LogP contribution in [-0.4, -0.2) is 46.9 Å². The fourth-order valence-corrected chi connectivity index (χ4v) is 5.33. The predicted molar refractivity (Wildman–Crippen MR) is 109 cm³/mol. The topological polar surface area (TPSA) is 90.0 Å². The summed E-state index contributed by atoms with van der Waals surface area (Å²) in [7, 11) is -2.71. The van der Waals surface area contributed by atoms with E-state index in [1.807, 2.05) is 0 Å². The molecule has 1 aliphatic heterocycles. The Bertz CT molecular complexity index is 926. The second-order valence-corrected chi connectivity index (χ2v) is 9.26. The molecule has 1 aliphatic rings. The third kappa shape index (κ3) is 5.30. The molecular weight excluding hydrogens is 426 g/mol. The van der Waals surface area contributed by atoms with Gasteiger partial charge in [-0.25, -0.2) is 18.0 Å². The van der Waals surface area contributed by atoms with Crippen molar-refractivity contribution in [2.75, 3.05) is 31.4 Å². The minimum Gasteiger partial charge on any atom is -0.465 e. The lowest BCUT2D eigenvalue weighted by Gasteiger charge is -2.22. The van der Waals surface area contributed by atoms with Gasteiger partial charge in [-0.2, -0.15) is 0 Å². The van der Waals surface area contributed by atoms with E-state index in [1.54, 1.807) is 23.1 Å². The van der Waals surface area contributed by atoms with E-state index >= 15 is 0 Å². The standard InChI is InChI=1S/C18H20ClNO6S2/c1-4-15(21)26-10-6-5-9-20-13-8-7-12(19)11-14(13)27-17(20)16(18(22)25-2)28(3,23)24/h4,7-8,11H,1,5-6,9-10H2,2-3H3. The van der Waals surface area contributed by atoms with Crippen LogP contribution in [0.4, 0.5) is 5.69 Å². The fourth-order valence-electron chi connectivity index (χ4n) is 2.55. The van der Waals surface area contributed by atoms with Gasteiger partial charge < -0.3 is 14.4 Å². The molecule has 0 saturated heterocycles. The van der Waals surface area contributed by atoms with Gasteiger partial charge in [0.2, 0.25) is 0 Å². The highest BCUT2D eigenvalue weighted by Crippen LogP contribution is 2.49. The van der Waals surface area contributed by atoms with Crippen molar-refractivity contribution in [2.24, 2.45) is 0 Å². The number of anilines is 1. The van der Waals surface area contributed by atoms with E-state index in [0.717, 1.165) is 41.8 Å². The van der Waals surface area contributed by atoms with Crippen LogP contribution in [0, 0.1) is 0 Å². The molecule has 0 bridgehead atoms. The summed E-state index contributed by atoms with van der Waals surface area (Å²) in [6.45, 7) is 3.96. The van der Waals surface area contributed by atoms with Crippen molar-refractivity contribution in [3.8, 4) is 0 Å². The van der Waals surface area contributed by atoms with Crippen LogP contribution in [0.3, 0.4) is 0 Å². The van der Waals surface area contributed by atoms with Crippen molar-refractivity contribution >= 4 is 50.8 Å². The van der Waals surface area contributed by atoms with Crippen molar-refractivity contribution in [3.05, 3.63) is 45.8 Å². The molecule has 0 aliphatic carbocycles. The number of sulfone groups is 1. The Morgan fingerprint density at radius 2 is 2.04 bits per heavy atom. The monoisotopic (exact) mass is 445 g/mol. The van der Waals surface area contributed by atoms with E-state index in [0.29, 0.717) is 24.4 Å². The number of ether oxygens (including phenoxy) is 2. The van der Waals surface area contributed by atoms with Crippen LogP contribution >= 0.6 is 23.4 Å². The number of halogens is 1. The van der Waals surface area contributed by atoms with Crippen molar-refractivity contribution in [1.29, 1.82) is 0 Å². The number of nitrogens with zero attached hydrogens (tertiary/aromatic N) is 1. The number of benzene rings is 1. The van der Waals surface area contributed by atoms with Crippen LogP contribution in [-0.2, 0) is 28.9 Å². The lowest BCUT2D eigenvalue weighted by molar-refractivity contribution is -0.138. The number of hydrogen-bond acceptors (Lipinski definition) is 8. The number of carbonyl (C=O) groups excluding carboxylic acids is 2. The molecule has 0 saturated carbocycles. The van der Waals surface area contributed by atoms with Crippen molar-refractivity contribution in [2.45, 2.75) is 17.7 Å². The predicted octanol–water partition coefficient (Wildman–Crippen LogP) is 3.15. The average Bonchev–Trinajstić information content (AvgIpc) is 2.96. The normalized spacial score (nSPS) is 15.0. The number of thioether (sulfide) groups is 1. The number of carbonyl (C=O) groups is 2. The van der Waals surface area contributed by atoms with E-state index in [-0.39, 0.29) is 11.6 Å². The molecule has 2 rings (SSSR count). The van der Waals surface area contributed by atoms with Gasteiger partial charge in [-0.3, -0.25) is 0 Å². The van der Waals surface area contributed by atoms with Gasteiger partial charge >= 0.3 is 11.9 Å². The van der Waals surface area contributed by atoms with Gasteiger partial charge in [-0.1, -0.05) is 29.9 Å². The lowest BCUT2D eigenvalue weighted by Crippen LogP contribution is -2.25. The Labute approximate surface area is 173 Å². The molecule has 1 heterocycles. The van der Waals surface area contributed by atoms with Crippen molar-refractivity contribution in [1.82, 2.24) is 0 Å². The summed E-state index contributed by atoms with van der Waals surface area (Å²) < 4.78 is 34.2. The molecule has 0 radical (unpaired) electrons. The first-order valence-electron chi connectivity index (χ1n) is 8.25. The van der Waals surface area contributed by atoms with E-state index in [4.69, 9.17) is 21.1 Å². The number of methoxy groups -OCH3 is 1. The zero-order chi connectivity index (χ0) is 20.9. The maximum atomic E-state index is 12.3. The summed E-state index contributed by atoms with van der Waals surface area (Å²) in [5, 5.41) is 0.775. The zero-order valence-corrected chi connectivity index (χ0v) is 17.8. The van der Waals surface area contributed by atoms with Crippen LogP contribution in [0.5, 0.6) is 0 Å². The molecule has 0 atom stereocenters. The number of rotatable bonds is 8. The molecule has 0 fully saturated rings. The summed E-state index contributed by atoms with van der Waals surface area (Å²) in [5.74, 6) is -1.42. The summed E-state index contributed by atoms with van der Waals surface area (Å²) in [4.78, 5) is 25.4. The molecule has 0 unspecified atom stereocenters. The number of esters is 2. The number of fused-ring (bicyclic) bond motifs is 1. The maximum Gasteiger partial charge on any atom is 0.352 e. The quantitative estimate of drug-likeness (QED) is 0.342. The SMILES string of the molecule is C=CC(=O)OCCCCN1C(=C(C(=O)OC)S(C)(=O)=O)Sc2cc(Cl)ccc21. The third-order valence-corrected chi connectivity index (χ3v) is 6.42. The molecule has 10 heteroatoms. The first-order valence-corrected chi connectivity index (χ1v) is 11.3. The second kappa shape index (κ2) is 9.49. The van der Waals surface area contributed by atoms with Gasteiger partial charge in [-0.15, -0.1) is 0 Å². The maximum absolute atomic E-state index is 12.3.